The molecule has 0 bridgehead atoms. The van der Waals surface area contributed by atoms with Crippen molar-refractivity contribution in [2.24, 2.45) is 10.9 Å². The predicted octanol–water partition coefficient (Wildman–Crippen LogP) is 5.23. The van der Waals surface area contributed by atoms with Gasteiger partial charge in [-0.15, -0.1) is 0 Å². The van der Waals surface area contributed by atoms with Gasteiger partial charge < -0.3 is 14.5 Å². The van der Waals surface area contributed by atoms with Crippen molar-refractivity contribution in [2.75, 3.05) is 40.3 Å². The van der Waals surface area contributed by atoms with E-state index < -0.39 is 0 Å². The van der Waals surface area contributed by atoms with Gasteiger partial charge in [-0.25, -0.2) is 4.99 Å². The van der Waals surface area contributed by atoms with Crippen molar-refractivity contribution in [3.05, 3.63) is 47.5 Å². The Labute approximate surface area is 193 Å². The third-order valence-electron chi connectivity index (χ3n) is 6.49. The lowest BCUT2D eigenvalue weighted by atomic mass is 9.94. The lowest BCUT2D eigenvalue weighted by molar-refractivity contribution is 0.239. The predicted molar refractivity (Wildman–Crippen MR) is 135 cm³/mol. The first-order valence-electron chi connectivity index (χ1n) is 11.9. The standard InChI is InChI=1S/C26H39N5O/c1-8-22(28-26(31(7)9-2)20-13-15-30(6)16-14-20)25(32-10-3)19(5)24-18(4)11-12-23-21(24)17-27-29-23/h11-12,17,20H,5,8-10,13-16H2,1-4,6-7H3,(H,27,29)/b25-22-,28-26?. The number of benzene rings is 1. The Morgan fingerprint density at radius 2 is 2.00 bits per heavy atom. The Morgan fingerprint density at radius 3 is 2.62 bits per heavy atom. The molecule has 1 aromatic carbocycles. The SMILES string of the molecule is C=C(/C(OCC)=C(\CC)N=C(C1CCN(C)CC1)N(C)CC)c1c(C)ccc2[nH]ncc12. The summed E-state index contributed by atoms with van der Waals surface area (Å²) >= 11 is 0. The summed E-state index contributed by atoms with van der Waals surface area (Å²) in [6.07, 6.45) is 4.92. The highest BCUT2D eigenvalue weighted by atomic mass is 16.5. The number of likely N-dealkylation sites (tertiary alicyclic amines) is 1. The van der Waals surface area contributed by atoms with Crippen molar-refractivity contribution in [2.45, 2.75) is 47.0 Å². The number of nitrogens with zero attached hydrogens (tertiary/aromatic N) is 4. The second-order valence-electron chi connectivity index (χ2n) is 8.69. The molecule has 6 heteroatoms. The van der Waals surface area contributed by atoms with E-state index in [0.29, 0.717) is 12.5 Å². The summed E-state index contributed by atoms with van der Waals surface area (Å²) in [5.41, 5.74) is 5.07. The average molecular weight is 438 g/mol. The fourth-order valence-corrected chi connectivity index (χ4v) is 4.48. The molecule has 2 aromatic rings. The third kappa shape index (κ3) is 5.07. The summed E-state index contributed by atoms with van der Waals surface area (Å²) in [6, 6.07) is 4.17. The van der Waals surface area contributed by atoms with Crippen molar-refractivity contribution in [3.63, 3.8) is 0 Å². The normalized spacial score (nSPS) is 16.9. The van der Waals surface area contributed by atoms with Gasteiger partial charge >= 0.3 is 0 Å². The first-order valence-corrected chi connectivity index (χ1v) is 11.9. The Hall–Kier alpha value is -2.60. The van der Waals surface area contributed by atoms with Gasteiger partial charge in [0, 0.05) is 30.5 Å². The van der Waals surface area contributed by atoms with Crippen molar-refractivity contribution >= 4 is 22.3 Å². The van der Waals surface area contributed by atoms with Crippen molar-refractivity contribution in [1.82, 2.24) is 20.0 Å². The molecule has 0 atom stereocenters. The van der Waals surface area contributed by atoms with E-state index in [1.807, 2.05) is 13.1 Å². The first kappa shape index (κ1) is 24.1. The molecule has 0 aliphatic carbocycles. The molecule has 1 aliphatic rings. The van der Waals surface area contributed by atoms with E-state index in [2.05, 4.69) is 73.6 Å². The van der Waals surface area contributed by atoms with E-state index in [4.69, 9.17) is 9.73 Å². The molecule has 0 amide bonds. The van der Waals surface area contributed by atoms with Crippen LogP contribution in [0.15, 0.2) is 41.4 Å². The summed E-state index contributed by atoms with van der Waals surface area (Å²) in [5, 5.41) is 8.38. The van der Waals surface area contributed by atoms with Crippen LogP contribution in [0.3, 0.4) is 0 Å². The number of hydrogen-bond donors (Lipinski definition) is 1. The monoisotopic (exact) mass is 437 g/mol. The highest BCUT2D eigenvalue weighted by Crippen LogP contribution is 2.34. The molecule has 1 N–H and O–H groups in total. The third-order valence-corrected chi connectivity index (χ3v) is 6.49. The summed E-state index contributed by atoms with van der Waals surface area (Å²) in [5.74, 6) is 2.43. The number of aliphatic imine (C=N–C) groups is 1. The molecule has 2 heterocycles. The summed E-state index contributed by atoms with van der Waals surface area (Å²) in [4.78, 5) is 9.96. The van der Waals surface area contributed by atoms with Crippen LogP contribution < -0.4 is 0 Å². The molecule has 1 fully saturated rings. The number of allylic oxidation sites excluding steroid dienone is 2. The van der Waals surface area contributed by atoms with Gasteiger partial charge in [0.1, 0.15) is 11.6 Å². The molecule has 0 saturated carbocycles. The zero-order valence-corrected chi connectivity index (χ0v) is 20.7. The number of aryl methyl sites for hydroxylation is 1. The van der Waals surface area contributed by atoms with Gasteiger partial charge in [-0.2, -0.15) is 5.10 Å². The molecule has 6 nitrogen and oxygen atoms in total. The lowest BCUT2D eigenvalue weighted by Gasteiger charge is -2.33. The van der Waals surface area contributed by atoms with Crippen LogP contribution in [0.1, 0.15) is 51.2 Å². The highest BCUT2D eigenvalue weighted by Gasteiger charge is 2.25. The highest BCUT2D eigenvalue weighted by molar-refractivity contribution is 5.96. The number of hydrogen-bond acceptors (Lipinski definition) is 4. The maximum absolute atomic E-state index is 6.23. The summed E-state index contributed by atoms with van der Waals surface area (Å²) in [7, 11) is 4.35. The molecule has 0 spiro atoms. The Bertz CT molecular complexity index is 995. The van der Waals surface area contributed by atoms with Crippen LogP contribution in [-0.2, 0) is 4.74 Å². The second-order valence-corrected chi connectivity index (χ2v) is 8.69. The summed E-state index contributed by atoms with van der Waals surface area (Å²) < 4.78 is 6.23. The van der Waals surface area contributed by atoms with E-state index in [0.717, 1.165) is 78.0 Å². The number of aromatic amines is 1. The van der Waals surface area contributed by atoms with Gasteiger partial charge in [0.15, 0.2) is 0 Å². The van der Waals surface area contributed by atoms with Gasteiger partial charge in [0.05, 0.1) is 24.0 Å². The number of aromatic nitrogens is 2. The molecule has 1 saturated heterocycles. The average Bonchev–Trinajstić information content (AvgIpc) is 3.27. The molecular formula is C26H39N5O. The van der Waals surface area contributed by atoms with Crippen LogP contribution in [0, 0.1) is 12.8 Å². The molecule has 0 unspecified atom stereocenters. The van der Waals surface area contributed by atoms with Gasteiger partial charge in [0.2, 0.25) is 0 Å². The zero-order valence-electron chi connectivity index (χ0n) is 20.7. The smallest absolute Gasteiger partial charge is 0.148 e. The number of piperidine rings is 1. The molecule has 1 aliphatic heterocycles. The number of H-pyrrole nitrogens is 1. The van der Waals surface area contributed by atoms with Crippen molar-refractivity contribution in [3.8, 4) is 0 Å². The molecule has 3 rings (SSSR count). The Balaban J connectivity index is 2.10. The van der Waals surface area contributed by atoms with Crippen LogP contribution in [0.2, 0.25) is 0 Å². The number of nitrogens with one attached hydrogen (secondary N) is 1. The number of ether oxygens (including phenoxy) is 1. The van der Waals surface area contributed by atoms with Gasteiger partial charge in [-0.05, 0) is 77.4 Å². The fourth-order valence-electron chi connectivity index (χ4n) is 4.48. The maximum Gasteiger partial charge on any atom is 0.148 e. The van der Waals surface area contributed by atoms with E-state index in [1.54, 1.807) is 0 Å². The quantitative estimate of drug-likeness (QED) is 0.266. The molecular weight excluding hydrogens is 398 g/mol. The van der Waals surface area contributed by atoms with Crippen LogP contribution in [0.5, 0.6) is 0 Å². The second kappa shape index (κ2) is 10.8. The van der Waals surface area contributed by atoms with E-state index >= 15 is 0 Å². The van der Waals surface area contributed by atoms with E-state index in [-0.39, 0.29) is 0 Å². The number of fused-ring (bicyclic) bond motifs is 1. The molecule has 1 aromatic heterocycles. The van der Waals surface area contributed by atoms with Crippen molar-refractivity contribution < 1.29 is 4.74 Å². The minimum Gasteiger partial charge on any atom is -0.491 e. The van der Waals surface area contributed by atoms with Crippen LogP contribution >= 0.6 is 0 Å². The molecule has 32 heavy (non-hydrogen) atoms. The fraction of sp³-hybridized carbons (Fsp3) is 0.538. The lowest BCUT2D eigenvalue weighted by Crippen LogP contribution is -2.40. The Morgan fingerprint density at radius 1 is 1.28 bits per heavy atom. The van der Waals surface area contributed by atoms with Gasteiger partial charge in [-0.1, -0.05) is 19.6 Å². The van der Waals surface area contributed by atoms with Crippen LogP contribution in [0.4, 0.5) is 0 Å². The minimum absolute atomic E-state index is 0.466. The minimum atomic E-state index is 0.466. The zero-order chi connectivity index (χ0) is 23.3. The first-order chi connectivity index (χ1) is 15.4. The Kier molecular flexibility index (Phi) is 8.13. The van der Waals surface area contributed by atoms with Gasteiger partial charge in [0.25, 0.3) is 0 Å². The van der Waals surface area contributed by atoms with E-state index in [9.17, 15) is 0 Å². The number of rotatable bonds is 8. The van der Waals surface area contributed by atoms with Crippen molar-refractivity contribution in [1.29, 1.82) is 0 Å². The van der Waals surface area contributed by atoms with E-state index in [1.165, 1.54) is 5.84 Å². The molecule has 174 valence electrons. The van der Waals surface area contributed by atoms with Crippen LogP contribution in [0.25, 0.3) is 16.5 Å². The summed E-state index contributed by atoms with van der Waals surface area (Å²) in [6.45, 7) is 16.7. The van der Waals surface area contributed by atoms with Gasteiger partial charge in [-0.3, -0.25) is 5.10 Å². The van der Waals surface area contributed by atoms with Crippen LogP contribution in [-0.4, -0.2) is 66.2 Å². The number of amidine groups is 1. The largest absolute Gasteiger partial charge is 0.491 e. The maximum atomic E-state index is 6.23. The molecule has 0 radical (unpaired) electrons. The topological polar surface area (TPSA) is 56.8 Å².